The van der Waals surface area contributed by atoms with Crippen LogP contribution in [0.3, 0.4) is 0 Å². The Kier molecular flexibility index (Phi) is 6.21. The summed E-state index contributed by atoms with van der Waals surface area (Å²) in [7, 11) is 0. The Morgan fingerprint density at radius 2 is 1.95 bits per heavy atom. The zero-order valence-electron chi connectivity index (χ0n) is 12.0. The van der Waals surface area contributed by atoms with E-state index < -0.39 is 17.9 Å². The maximum absolute atomic E-state index is 12.0. The standard InChI is InChI=1S/C15H18N2O4/c1-10(2)21-15(20)13(17-14(19)7-8-16)9-11-3-5-12(18)6-4-11/h3-6,10,13,18H,7,9H2,1-2H3,(H,17,19)/t13-/m0/s1. The Balaban J connectivity index is 2.80. The van der Waals surface area contributed by atoms with Crippen molar-refractivity contribution in [1.82, 2.24) is 5.32 Å². The summed E-state index contributed by atoms with van der Waals surface area (Å²) < 4.78 is 5.10. The Bertz CT molecular complexity index is 532. The molecule has 0 bridgehead atoms. The lowest BCUT2D eigenvalue weighted by molar-refractivity contribution is -0.151. The molecule has 1 aromatic carbocycles. The molecule has 1 aromatic rings. The number of nitriles is 1. The average molecular weight is 290 g/mol. The van der Waals surface area contributed by atoms with E-state index in [0.29, 0.717) is 0 Å². The van der Waals surface area contributed by atoms with E-state index in [-0.39, 0.29) is 24.7 Å². The third kappa shape index (κ3) is 5.95. The first-order valence-electron chi connectivity index (χ1n) is 6.57. The normalized spacial score (nSPS) is 11.5. The van der Waals surface area contributed by atoms with Crippen molar-refractivity contribution in [3.8, 4) is 11.8 Å². The number of hydrogen-bond donors (Lipinski definition) is 2. The molecule has 21 heavy (non-hydrogen) atoms. The molecule has 0 aromatic heterocycles. The lowest BCUT2D eigenvalue weighted by atomic mass is 10.1. The van der Waals surface area contributed by atoms with Crippen LogP contribution in [0, 0.1) is 11.3 Å². The second-order valence-electron chi connectivity index (χ2n) is 4.81. The molecule has 0 unspecified atom stereocenters. The van der Waals surface area contributed by atoms with Crippen molar-refractivity contribution in [3.05, 3.63) is 29.8 Å². The van der Waals surface area contributed by atoms with Gasteiger partial charge in [-0.1, -0.05) is 12.1 Å². The van der Waals surface area contributed by atoms with E-state index in [1.54, 1.807) is 32.0 Å². The van der Waals surface area contributed by atoms with Crippen LogP contribution in [-0.4, -0.2) is 29.1 Å². The monoisotopic (exact) mass is 290 g/mol. The van der Waals surface area contributed by atoms with Gasteiger partial charge in [0.1, 0.15) is 18.2 Å². The number of nitrogens with zero attached hydrogens (tertiary/aromatic N) is 1. The third-order valence-corrected chi connectivity index (χ3v) is 2.59. The first-order valence-corrected chi connectivity index (χ1v) is 6.57. The van der Waals surface area contributed by atoms with E-state index in [1.807, 2.05) is 0 Å². The smallest absolute Gasteiger partial charge is 0.329 e. The highest BCUT2D eigenvalue weighted by Crippen LogP contribution is 2.12. The van der Waals surface area contributed by atoms with Gasteiger partial charge in [-0.2, -0.15) is 5.26 Å². The Morgan fingerprint density at radius 3 is 2.48 bits per heavy atom. The number of rotatable bonds is 6. The highest BCUT2D eigenvalue weighted by molar-refractivity contribution is 5.85. The van der Waals surface area contributed by atoms with Crippen molar-refractivity contribution < 1.29 is 19.4 Å². The van der Waals surface area contributed by atoms with E-state index in [4.69, 9.17) is 10.00 Å². The molecule has 0 aliphatic rings. The van der Waals surface area contributed by atoms with Gasteiger partial charge >= 0.3 is 5.97 Å². The van der Waals surface area contributed by atoms with Gasteiger partial charge in [-0.15, -0.1) is 0 Å². The minimum absolute atomic E-state index is 0.119. The van der Waals surface area contributed by atoms with Gasteiger partial charge in [0.2, 0.25) is 5.91 Å². The van der Waals surface area contributed by atoms with Gasteiger partial charge in [-0.25, -0.2) is 4.79 Å². The van der Waals surface area contributed by atoms with Crippen molar-refractivity contribution in [2.24, 2.45) is 0 Å². The van der Waals surface area contributed by atoms with Gasteiger partial charge in [-0.05, 0) is 31.5 Å². The molecular formula is C15H18N2O4. The highest BCUT2D eigenvalue weighted by atomic mass is 16.5. The lowest BCUT2D eigenvalue weighted by Crippen LogP contribution is -2.43. The molecule has 0 fully saturated rings. The zero-order valence-corrected chi connectivity index (χ0v) is 12.0. The number of phenols is 1. The molecule has 1 atom stereocenters. The molecule has 0 heterocycles. The highest BCUT2D eigenvalue weighted by Gasteiger charge is 2.23. The predicted molar refractivity (Wildman–Crippen MR) is 75.2 cm³/mol. The molecule has 0 saturated carbocycles. The molecule has 6 heteroatoms. The number of carbonyl (C=O) groups is 2. The molecule has 0 aliphatic carbocycles. The van der Waals surface area contributed by atoms with E-state index in [1.165, 1.54) is 12.1 Å². The summed E-state index contributed by atoms with van der Waals surface area (Å²) in [5.74, 6) is -0.958. The fourth-order valence-corrected chi connectivity index (χ4v) is 1.69. The quantitative estimate of drug-likeness (QED) is 0.769. The number of hydrogen-bond acceptors (Lipinski definition) is 5. The fraction of sp³-hybridized carbons (Fsp3) is 0.400. The van der Waals surface area contributed by atoms with Gasteiger partial charge in [0.25, 0.3) is 0 Å². The maximum atomic E-state index is 12.0. The summed E-state index contributed by atoms with van der Waals surface area (Å²) in [6.07, 6.45) is -0.392. The molecule has 6 nitrogen and oxygen atoms in total. The van der Waals surface area contributed by atoms with Gasteiger partial charge in [-0.3, -0.25) is 4.79 Å². The average Bonchev–Trinajstić information content (AvgIpc) is 2.40. The number of benzene rings is 1. The van der Waals surface area contributed by atoms with E-state index in [9.17, 15) is 14.7 Å². The number of amides is 1. The molecule has 112 valence electrons. The van der Waals surface area contributed by atoms with Crippen molar-refractivity contribution in [2.75, 3.05) is 0 Å². The number of ether oxygens (including phenoxy) is 1. The Hall–Kier alpha value is -2.55. The van der Waals surface area contributed by atoms with Crippen molar-refractivity contribution in [2.45, 2.75) is 38.8 Å². The first kappa shape index (κ1) is 16.5. The van der Waals surface area contributed by atoms with Gasteiger partial charge < -0.3 is 15.2 Å². The molecule has 1 rings (SSSR count). The molecular weight excluding hydrogens is 272 g/mol. The second-order valence-corrected chi connectivity index (χ2v) is 4.81. The molecule has 0 spiro atoms. The van der Waals surface area contributed by atoms with Crippen LogP contribution in [0.5, 0.6) is 5.75 Å². The summed E-state index contributed by atoms with van der Waals surface area (Å²) in [5, 5.41) is 20.2. The van der Waals surface area contributed by atoms with Gasteiger partial charge in [0.15, 0.2) is 0 Å². The number of carbonyl (C=O) groups excluding carboxylic acids is 2. The molecule has 1 amide bonds. The van der Waals surface area contributed by atoms with Crippen LogP contribution in [0.4, 0.5) is 0 Å². The summed E-state index contributed by atoms with van der Waals surface area (Å²) in [6, 6.07) is 7.17. The van der Waals surface area contributed by atoms with Crippen LogP contribution < -0.4 is 5.32 Å². The fourth-order valence-electron chi connectivity index (χ4n) is 1.69. The second kappa shape index (κ2) is 7.90. The van der Waals surface area contributed by atoms with Crippen molar-refractivity contribution >= 4 is 11.9 Å². The maximum Gasteiger partial charge on any atom is 0.329 e. The molecule has 0 radical (unpaired) electrons. The van der Waals surface area contributed by atoms with Crippen LogP contribution in [-0.2, 0) is 20.7 Å². The summed E-state index contributed by atoms with van der Waals surface area (Å²) in [4.78, 5) is 23.5. The van der Waals surface area contributed by atoms with E-state index >= 15 is 0 Å². The van der Waals surface area contributed by atoms with Crippen molar-refractivity contribution in [3.63, 3.8) is 0 Å². The first-order chi connectivity index (χ1) is 9.92. The summed E-state index contributed by atoms with van der Waals surface area (Å²) in [6.45, 7) is 3.43. The Labute approximate surface area is 123 Å². The summed E-state index contributed by atoms with van der Waals surface area (Å²) in [5.41, 5.74) is 0.760. The number of esters is 1. The predicted octanol–water partition coefficient (Wildman–Crippen LogP) is 1.28. The van der Waals surface area contributed by atoms with Crippen LogP contribution in [0.1, 0.15) is 25.8 Å². The summed E-state index contributed by atoms with van der Waals surface area (Å²) >= 11 is 0. The van der Waals surface area contributed by atoms with Gasteiger partial charge in [0.05, 0.1) is 12.2 Å². The van der Waals surface area contributed by atoms with E-state index in [2.05, 4.69) is 5.32 Å². The number of nitrogens with one attached hydrogen (secondary N) is 1. The molecule has 2 N–H and O–H groups in total. The van der Waals surface area contributed by atoms with Gasteiger partial charge in [0, 0.05) is 6.42 Å². The van der Waals surface area contributed by atoms with Crippen LogP contribution in [0.25, 0.3) is 0 Å². The van der Waals surface area contributed by atoms with E-state index in [0.717, 1.165) is 5.56 Å². The van der Waals surface area contributed by atoms with Crippen LogP contribution >= 0.6 is 0 Å². The number of aromatic hydroxyl groups is 1. The topological polar surface area (TPSA) is 99.4 Å². The van der Waals surface area contributed by atoms with Crippen LogP contribution in [0.2, 0.25) is 0 Å². The third-order valence-electron chi connectivity index (χ3n) is 2.59. The SMILES string of the molecule is CC(C)OC(=O)[C@H](Cc1ccc(O)cc1)NC(=O)CC#N. The minimum atomic E-state index is -0.863. The largest absolute Gasteiger partial charge is 0.508 e. The minimum Gasteiger partial charge on any atom is -0.508 e. The zero-order chi connectivity index (χ0) is 15.8. The van der Waals surface area contributed by atoms with Crippen LogP contribution in [0.15, 0.2) is 24.3 Å². The lowest BCUT2D eigenvalue weighted by Gasteiger charge is -2.18. The van der Waals surface area contributed by atoms with Crippen molar-refractivity contribution in [1.29, 1.82) is 5.26 Å². The number of phenolic OH excluding ortho intramolecular Hbond substituents is 1. The molecule has 0 aliphatic heterocycles. The Morgan fingerprint density at radius 1 is 1.33 bits per heavy atom. The molecule has 0 saturated heterocycles.